The zero-order chi connectivity index (χ0) is 37.7. The highest BCUT2D eigenvalue weighted by Gasteiger charge is 2.23. The van der Waals surface area contributed by atoms with Crippen LogP contribution >= 0.6 is 11.3 Å². The molecule has 3 heteroatoms. The number of thiophene rings is 1. The van der Waals surface area contributed by atoms with Crippen molar-refractivity contribution in [1.29, 1.82) is 0 Å². The number of hydrogen-bond acceptors (Lipinski definition) is 3. The molecular formula is C54H35NOS. The van der Waals surface area contributed by atoms with Gasteiger partial charge in [0.15, 0.2) is 0 Å². The molecule has 2 aromatic heterocycles. The molecule has 0 saturated heterocycles. The van der Waals surface area contributed by atoms with Crippen LogP contribution in [-0.4, -0.2) is 0 Å². The molecule has 0 amide bonds. The maximum Gasteiger partial charge on any atom is 0.135 e. The minimum Gasteiger partial charge on any atom is -0.456 e. The van der Waals surface area contributed by atoms with E-state index in [1.807, 2.05) is 23.5 Å². The topological polar surface area (TPSA) is 16.4 Å². The molecule has 0 radical (unpaired) electrons. The number of para-hydroxylation sites is 2. The molecule has 0 bridgehead atoms. The Morgan fingerprint density at radius 1 is 0.333 bits per heavy atom. The Kier molecular flexibility index (Phi) is 8.04. The average Bonchev–Trinajstić information content (AvgIpc) is 3.86. The molecular weight excluding hydrogens is 711 g/mol. The molecule has 0 spiro atoms. The first kappa shape index (κ1) is 33.2. The van der Waals surface area contributed by atoms with E-state index in [9.17, 15) is 0 Å². The summed E-state index contributed by atoms with van der Waals surface area (Å²) in [7, 11) is 0. The highest BCUT2D eigenvalue weighted by atomic mass is 32.1. The SMILES string of the molecule is c1ccc(-c2ccccc2-c2ccccc2-c2ccccc2N(c2ccc(-c3ccc4oc5ccccc5c4c3)cc2)c2cccc3sc4ccccc4c23)cc1. The fourth-order valence-electron chi connectivity index (χ4n) is 8.50. The highest BCUT2D eigenvalue weighted by Crippen LogP contribution is 2.49. The lowest BCUT2D eigenvalue weighted by molar-refractivity contribution is 0.669. The predicted molar refractivity (Wildman–Crippen MR) is 243 cm³/mol. The van der Waals surface area contributed by atoms with Crippen molar-refractivity contribution in [1.82, 2.24) is 0 Å². The van der Waals surface area contributed by atoms with Crippen LogP contribution in [0.4, 0.5) is 17.1 Å². The fraction of sp³-hybridized carbons (Fsp3) is 0. The van der Waals surface area contributed by atoms with E-state index in [4.69, 9.17) is 4.42 Å². The molecule has 57 heavy (non-hydrogen) atoms. The molecule has 2 heterocycles. The summed E-state index contributed by atoms with van der Waals surface area (Å²) in [6.07, 6.45) is 0. The average molecular weight is 746 g/mol. The minimum absolute atomic E-state index is 0.905. The van der Waals surface area contributed by atoms with E-state index >= 15 is 0 Å². The van der Waals surface area contributed by atoms with Crippen LogP contribution < -0.4 is 4.90 Å². The molecule has 0 aliphatic heterocycles. The van der Waals surface area contributed by atoms with Gasteiger partial charge < -0.3 is 9.32 Å². The molecule has 11 rings (SSSR count). The third kappa shape index (κ3) is 5.71. The molecule has 0 atom stereocenters. The molecule has 0 N–H and O–H groups in total. The van der Waals surface area contributed by atoms with Crippen molar-refractivity contribution in [3.63, 3.8) is 0 Å². The molecule has 0 fully saturated rings. The van der Waals surface area contributed by atoms with Crippen LogP contribution in [0.1, 0.15) is 0 Å². The molecule has 268 valence electrons. The number of hydrogen-bond donors (Lipinski definition) is 0. The van der Waals surface area contributed by atoms with Crippen LogP contribution in [0.5, 0.6) is 0 Å². The van der Waals surface area contributed by atoms with Crippen molar-refractivity contribution in [3.8, 4) is 44.5 Å². The van der Waals surface area contributed by atoms with Crippen LogP contribution in [0.25, 0.3) is 86.6 Å². The quantitative estimate of drug-likeness (QED) is 0.162. The van der Waals surface area contributed by atoms with Crippen LogP contribution in [0, 0.1) is 0 Å². The summed E-state index contributed by atoms with van der Waals surface area (Å²) < 4.78 is 8.71. The largest absolute Gasteiger partial charge is 0.456 e. The van der Waals surface area contributed by atoms with E-state index in [2.05, 4.69) is 205 Å². The van der Waals surface area contributed by atoms with Gasteiger partial charge in [0.25, 0.3) is 0 Å². The molecule has 0 unspecified atom stereocenters. The second-order valence-electron chi connectivity index (χ2n) is 14.4. The normalized spacial score (nSPS) is 11.5. The Morgan fingerprint density at radius 3 is 1.70 bits per heavy atom. The second kappa shape index (κ2) is 13.8. The van der Waals surface area contributed by atoms with E-state index in [1.165, 1.54) is 48.0 Å². The zero-order valence-corrected chi connectivity index (χ0v) is 31.8. The summed E-state index contributed by atoms with van der Waals surface area (Å²) in [5, 5.41) is 4.80. The van der Waals surface area contributed by atoms with E-state index in [0.29, 0.717) is 0 Å². The number of rotatable bonds is 7. The summed E-state index contributed by atoms with van der Waals surface area (Å²) in [5.74, 6) is 0. The maximum absolute atomic E-state index is 6.16. The van der Waals surface area contributed by atoms with Gasteiger partial charge in [0, 0.05) is 42.2 Å². The van der Waals surface area contributed by atoms with Crippen LogP contribution in [0.3, 0.4) is 0 Å². The smallest absolute Gasteiger partial charge is 0.135 e. The maximum atomic E-state index is 6.16. The predicted octanol–water partition coefficient (Wildman–Crippen LogP) is 16.1. The summed E-state index contributed by atoms with van der Waals surface area (Å²) in [4.78, 5) is 2.47. The summed E-state index contributed by atoms with van der Waals surface area (Å²) >= 11 is 1.85. The van der Waals surface area contributed by atoms with Crippen molar-refractivity contribution < 1.29 is 4.42 Å². The van der Waals surface area contributed by atoms with E-state index in [-0.39, 0.29) is 0 Å². The van der Waals surface area contributed by atoms with Gasteiger partial charge in [0.1, 0.15) is 11.2 Å². The Bertz CT molecular complexity index is 3250. The lowest BCUT2D eigenvalue weighted by Gasteiger charge is -2.29. The Morgan fingerprint density at radius 2 is 0.895 bits per heavy atom. The van der Waals surface area contributed by atoms with E-state index < -0.39 is 0 Å². The van der Waals surface area contributed by atoms with E-state index in [0.717, 1.165) is 55.7 Å². The van der Waals surface area contributed by atoms with Crippen LogP contribution in [0.2, 0.25) is 0 Å². The van der Waals surface area contributed by atoms with Crippen molar-refractivity contribution in [2.75, 3.05) is 4.90 Å². The lowest BCUT2D eigenvalue weighted by atomic mass is 9.88. The van der Waals surface area contributed by atoms with Crippen LogP contribution in [-0.2, 0) is 0 Å². The first-order valence-electron chi connectivity index (χ1n) is 19.3. The third-order valence-electron chi connectivity index (χ3n) is 11.1. The second-order valence-corrected chi connectivity index (χ2v) is 15.5. The van der Waals surface area contributed by atoms with Crippen molar-refractivity contribution in [2.45, 2.75) is 0 Å². The number of benzene rings is 9. The number of furan rings is 1. The summed E-state index contributed by atoms with van der Waals surface area (Å²) in [5.41, 5.74) is 14.6. The standard InChI is InChI=1S/C54H35NOS/c1-2-15-37(16-3-1)40-17-4-5-18-41(40)42-19-6-7-20-43(42)44-21-8-11-24-48(44)55(49-25-14-28-53-54(49)46-23-10-13-27-52(46)57-53)39-32-29-36(30-33-39)38-31-34-51-47(35-38)45-22-9-12-26-50(45)56-51/h1-35H. The molecule has 9 aromatic carbocycles. The van der Waals surface area contributed by atoms with Gasteiger partial charge in [-0.3, -0.25) is 0 Å². The van der Waals surface area contributed by atoms with Crippen molar-refractivity contribution in [3.05, 3.63) is 212 Å². The first-order chi connectivity index (χ1) is 28.3. The molecule has 11 aromatic rings. The molecule has 2 nitrogen and oxygen atoms in total. The number of nitrogens with zero attached hydrogens (tertiary/aromatic N) is 1. The molecule has 0 aliphatic carbocycles. The van der Waals surface area contributed by atoms with Gasteiger partial charge in [-0.05, 0) is 93.5 Å². The van der Waals surface area contributed by atoms with Gasteiger partial charge in [0.05, 0.1) is 11.4 Å². The zero-order valence-electron chi connectivity index (χ0n) is 31.0. The molecule has 0 aliphatic rings. The minimum atomic E-state index is 0.905. The summed E-state index contributed by atoms with van der Waals surface area (Å²) in [6.45, 7) is 0. The fourth-order valence-corrected chi connectivity index (χ4v) is 9.62. The highest BCUT2D eigenvalue weighted by molar-refractivity contribution is 7.26. The third-order valence-corrected chi connectivity index (χ3v) is 12.3. The Balaban J connectivity index is 1.11. The lowest BCUT2D eigenvalue weighted by Crippen LogP contribution is -2.11. The van der Waals surface area contributed by atoms with Gasteiger partial charge in [-0.25, -0.2) is 0 Å². The van der Waals surface area contributed by atoms with Gasteiger partial charge in [-0.15, -0.1) is 11.3 Å². The van der Waals surface area contributed by atoms with Crippen LogP contribution in [0.15, 0.2) is 217 Å². The number of anilines is 3. The van der Waals surface area contributed by atoms with Crippen molar-refractivity contribution >= 4 is 70.5 Å². The Hall–Kier alpha value is -7.20. The summed E-state index contributed by atoms with van der Waals surface area (Å²) in [6, 6.07) is 76.5. The Labute approximate surface area is 335 Å². The molecule has 0 saturated carbocycles. The van der Waals surface area contributed by atoms with Gasteiger partial charge >= 0.3 is 0 Å². The number of fused-ring (bicyclic) bond motifs is 6. The van der Waals surface area contributed by atoms with Crippen molar-refractivity contribution in [2.24, 2.45) is 0 Å². The van der Waals surface area contributed by atoms with Gasteiger partial charge in [-0.1, -0.05) is 158 Å². The van der Waals surface area contributed by atoms with E-state index in [1.54, 1.807) is 0 Å². The van der Waals surface area contributed by atoms with Gasteiger partial charge in [0.2, 0.25) is 0 Å². The monoisotopic (exact) mass is 745 g/mol. The van der Waals surface area contributed by atoms with Gasteiger partial charge in [-0.2, -0.15) is 0 Å². The first-order valence-corrected chi connectivity index (χ1v) is 20.2.